The second kappa shape index (κ2) is 3.70. The van der Waals surface area contributed by atoms with Gasteiger partial charge in [0, 0.05) is 13.1 Å². The number of rotatable bonds is 4. The van der Waals surface area contributed by atoms with Crippen LogP contribution in [0.2, 0.25) is 0 Å². The predicted molar refractivity (Wildman–Crippen MR) is 47.9 cm³/mol. The Balaban J connectivity index is 1.72. The van der Waals surface area contributed by atoms with Gasteiger partial charge in [-0.15, -0.1) is 0 Å². The summed E-state index contributed by atoms with van der Waals surface area (Å²) >= 11 is 0. The average molecular weight is 163 g/mol. The topological polar surface area (TPSA) is 24.6 Å². The molecule has 1 fully saturated rings. The summed E-state index contributed by atoms with van der Waals surface area (Å²) in [4.78, 5) is 0. The number of epoxide rings is 1. The first-order valence-corrected chi connectivity index (χ1v) is 4.31. The lowest BCUT2D eigenvalue weighted by Gasteiger charge is -2.01. The lowest BCUT2D eigenvalue weighted by molar-refractivity contribution is 0.396. The van der Waals surface area contributed by atoms with Crippen molar-refractivity contribution in [3.05, 3.63) is 35.9 Å². The standard InChI is InChI=1S/C10H13NO/c1-2-4-9(5-3-1)6-11-7-10-8-12-10/h1-5,10-11H,6-8H2. The van der Waals surface area contributed by atoms with E-state index in [-0.39, 0.29) is 0 Å². The third kappa shape index (κ3) is 2.32. The molecule has 1 aromatic carbocycles. The number of nitrogens with one attached hydrogen (secondary N) is 1. The zero-order valence-corrected chi connectivity index (χ0v) is 6.99. The van der Waals surface area contributed by atoms with Gasteiger partial charge in [0.15, 0.2) is 0 Å². The number of ether oxygens (including phenoxy) is 1. The van der Waals surface area contributed by atoms with Gasteiger partial charge in [0.1, 0.15) is 0 Å². The van der Waals surface area contributed by atoms with E-state index in [2.05, 4.69) is 29.6 Å². The van der Waals surface area contributed by atoms with Crippen LogP contribution in [0.15, 0.2) is 30.3 Å². The fourth-order valence-corrected chi connectivity index (χ4v) is 1.16. The minimum atomic E-state index is 0.480. The van der Waals surface area contributed by atoms with Gasteiger partial charge in [0.2, 0.25) is 0 Å². The van der Waals surface area contributed by atoms with E-state index in [0.717, 1.165) is 19.7 Å². The Labute approximate surface area is 72.5 Å². The Kier molecular flexibility index (Phi) is 2.39. The summed E-state index contributed by atoms with van der Waals surface area (Å²) in [6, 6.07) is 10.4. The van der Waals surface area contributed by atoms with Crippen molar-refractivity contribution in [2.24, 2.45) is 0 Å². The van der Waals surface area contributed by atoms with Crippen LogP contribution in [-0.4, -0.2) is 19.3 Å². The van der Waals surface area contributed by atoms with E-state index in [1.165, 1.54) is 5.56 Å². The Morgan fingerprint density at radius 2 is 2.08 bits per heavy atom. The summed E-state index contributed by atoms with van der Waals surface area (Å²) in [7, 11) is 0. The molecule has 12 heavy (non-hydrogen) atoms. The van der Waals surface area contributed by atoms with Crippen molar-refractivity contribution >= 4 is 0 Å². The van der Waals surface area contributed by atoms with Crippen molar-refractivity contribution in [2.75, 3.05) is 13.2 Å². The van der Waals surface area contributed by atoms with Crippen LogP contribution in [0.3, 0.4) is 0 Å². The van der Waals surface area contributed by atoms with E-state index in [0.29, 0.717) is 6.10 Å². The van der Waals surface area contributed by atoms with Gasteiger partial charge in [-0.2, -0.15) is 0 Å². The molecular weight excluding hydrogens is 150 g/mol. The minimum absolute atomic E-state index is 0.480. The Morgan fingerprint density at radius 3 is 2.75 bits per heavy atom. The van der Waals surface area contributed by atoms with Crippen LogP contribution in [0.25, 0.3) is 0 Å². The van der Waals surface area contributed by atoms with Crippen molar-refractivity contribution in [3.8, 4) is 0 Å². The largest absolute Gasteiger partial charge is 0.372 e. The smallest absolute Gasteiger partial charge is 0.0934 e. The van der Waals surface area contributed by atoms with Crippen LogP contribution < -0.4 is 5.32 Å². The van der Waals surface area contributed by atoms with Gasteiger partial charge >= 0.3 is 0 Å². The molecule has 0 bridgehead atoms. The van der Waals surface area contributed by atoms with Crippen molar-refractivity contribution in [2.45, 2.75) is 12.6 Å². The number of hydrogen-bond acceptors (Lipinski definition) is 2. The monoisotopic (exact) mass is 163 g/mol. The third-order valence-corrected chi connectivity index (χ3v) is 1.95. The molecule has 1 unspecified atom stereocenters. The average Bonchev–Trinajstić information content (AvgIpc) is 2.90. The normalized spacial score (nSPS) is 20.8. The summed E-state index contributed by atoms with van der Waals surface area (Å²) in [6.07, 6.45) is 0.480. The maximum atomic E-state index is 5.08. The maximum absolute atomic E-state index is 5.08. The number of hydrogen-bond donors (Lipinski definition) is 1. The summed E-state index contributed by atoms with van der Waals surface area (Å²) in [6.45, 7) is 2.86. The van der Waals surface area contributed by atoms with Crippen LogP contribution in [0.5, 0.6) is 0 Å². The molecule has 1 saturated heterocycles. The molecule has 2 nitrogen and oxygen atoms in total. The predicted octanol–water partition coefficient (Wildman–Crippen LogP) is 1.17. The highest BCUT2D eigenvalue weighted by Gasteiger charge is 2.20. The molecule has 0 aromatic heterocycles. The van der Waals surface area contributed by atoms with Crippen molar-refractivity contribution in [1.82, 2.24) is 5.32 Å². The SMILES string of the molecule is c1ccc(CNCC2CO2)cc1. The summed E-state index contributed by atoms with van der Waals surface area (Å²) in [5.74, 6) is 0. The maximum Gasteiger partial charge on any atom is 0.0934 e. The van der Waals surface area contributed by atoms with E-state index < -0.39 is 0 Å². The molecule has 0 spiro atoms. The molecule has 0 radical (unpaired) electrons. The van der Waals surface area contributed by atoms with Crippen molar-refractivity contribution in [1.29, 1.82) is 0 Å². The highest BCUT2D eigenvalue weighted by Crippen LogP contribution is 2.06. The molecule has 1 aliphatic heterocycles. The zero-order chi connectivity index (χ0) is 8.23. The van der Waals surface area contributed by atoms with Crippen LogP contribution in [0.1, 0.15) is 5.56 Å². The third-order valence-electron chi connectivity index (χ3n) is 1.95. The van der Waals surface area contributed by atoms with E-state index in [4.69, 9.17) is 4.74 Å². The quantitative estimate of drug-likeness (QED) is 0.674. The van der Waals surface area contributed by atoms with E-state index in [1.54, 1.807) is 0 Å². The fourth-order valence-electron chi connectivity index (χ4n) is 1.16. The van der Waals surface area contributed by atoms with Gasteiger partial charge in [0.05, 0.1) is 12.7 Å². The van der Waals surface area contributed by atoms with E-state index in [1.807, 2.05) is 6.07 Å². The van der Waals surface area contributed by atoms with Gasteiger partial charge in [-0.25, -0.2) is 0 Å². The lowest BCUT2D eigenvalue weighted by Crippen LogP contribution is -2.18. The molecule has 2 heteroatoms. The van der Waals surface area contributed by atoms with E-state index >= 15 is 0 Å². The second-order valence-electron chi connectivity index (χ2n) is 3.07. The lowest BCUT2D eigenvalue weighted by atomic mass is 10.2. The molecule has 0 saturated carbocycles. The molecule has 1 atom stereocenters. The molecule has 64 valence electrons. The van der Waals surface area contributed by atoms with Crippen molar-refractivity contribution < 1.29 is 4.74 Å². The van der Waals surface area contributed by atoms with Gasteiger partial charge in [-0.05, 0) is 5.56 Å². The molecule has 1 N–H and O–H groups in total. The first-order valence-electron chi connectivity index (χ1n) is 4.31. The van der Waals surface area contributed by atoms with E-state index in [9.17, 15) is 0 Å². The summed E-state index contributed by atoms with van der Waals surface area (Å²) in [5.41, 5.74) is 1.33. The fraction of sp³-hybridized carbons (Fsp3) is 0.400. The molecule has 2 rings (SSSR count). The Hall–Kier alpha value is -0.860. The minimum Gasteiger partial charge on any atom is -0.372 e. The molecule has 1 aliphatic rings. The van der Waals surface area contributed by atoms with Crippen LogP contribution in [0, 0.1) is 0 Å². The van der Waals surface area contributed by atoms with Crippen LogP contribution in [0.4, 0.5) is 0 Å². The molecule has 1 heterocycles. The summed E-state index contributed by atoms with van der Waals surface area (Å²) in [5, 5.41) is 3.34. The van der Waals surface area contributed by atoms with Gasteiger partial charge < -0.3 is 10.1 Å². The Bertz CT molecular complexity index is 231. The first kappa shape index (κ1) is 7.77. The van der Waals surface area contributed by atoms with Gasteiger partial charge in [0.25, 0.3) is 0 Å². The molecular formula is C10H13NO. The Morgan fingerprint density at radius 1 is 1.33 bits per heavy atom. The molecule has 0 aliphatic carbocycles. The first-order chi connectivity index (χ1) is 5.95. The van der Waals surface area contributed by atoms with Crippen molar-refractivity contribution in [3.63, 3.8) is 0 Å². The van der Waals surface area contributed by atoms with Crippen LogP contribution in [-0.2, 0) is 11.3 Å². The molecule has 1 aromatic rings. The highest BCUT2D eigenvalue weighted by molar-refractivity contribution is 5.14. The molecule has 0 amide bonds. The van der Waals surface area contributed by atoms with Crippen LogP contribution >= 0.6 is 0 Å². The highest BCUT2D eigenvalue weighted by atomic mass is 16.6. The number of benzene rings is 1. The van der Waals surface area contributed by atoms with Gasteiger partial charge in [-0.1, -0.05) is 30.3 Å². The summed E-state index contributed by atoms with van der Waals surface area (Å²) < 4.78 is 5.08. The van der Waals surface area contributed by atoms with Gasteiger partial charge in [-0.3, -0.25) is 0 Å². The zero-order valence-electron chi connectivity index (χ0n) is 6.99. The second-order valence-corrected chi connectivity index (χ2v) is 3.07.